The van der Waals surface area contributed by atoms with Gasteiger partial charge in [0.25, 0.3) is 11.8 Å². The van der Waals surface area contributed by atoms with E-state index in [9.17, 15) is 9.59 Å². The smallest absolute Gasteiger partial charge is 0.273 e. The van der Waals surface area contributed by atoms with Gasteiger partial charge in [-0.05, 0) is 60.2 Å². The van der Waals surface area contributed by atoms with Gasteiger partial charge in [0, 0.05) is 5.56 Å². The summed E-state index contributed by atoms with van der Waals surface area (Å²) in [5, 5.41) is 6.76. The van der Waals surface area contributed by atoms with Crippen molar-refractivity contribution in [3.8, 4) is 17.2 Å². The number of carbonyl (C=O) groups excluding carboxylic acids is 2. The van der Waals surface area contributed by atoms with Gasteiger partial charge in [-0.1, -0.05) is 24.8 Å². The predicted octanol–water partition coefficient (Wildman–Crippen LogP) is 4.28. The summed E-state index contributed by atoms with van der Waals surface area (Å²) in [5.41, 5.74) is 4.22. The van der Waals surface area contributed by atoms with Crippen molar-refractivity contribution in [1.82, 2.24) is 5.43 Å². The highest BCUT2D eigenvalue weighted by atomic mass is 16.5. The third kappa shape index (κ3) is 6.23. The fourth-order valence-electron chi connectivity index (χ4n) is 2.99. The number of amides is 2. The molecule has 0 heterocycles. The van der Waals surface area contributed by atoms with Gasteiger partial charge in [0.2, 0.25) is 0 Å². The minimum Gasteiger partial charge on any atom is -0.493 e. The summed E-state index contributed by atoms with van der Waals surface area (Å²) in [6, 6.07) is 18.7. The van der Waals surface area contributed by atoms with Crippen LogP contribution in [0.3, 0.4) is 0 Å². The molecular weight excluding hydrogens is 434 g/mol. The van der Waals surface area contributed by atoms with Gasteiger partial charge in [-0.2, -0.15) is 5.10 Å². The Morgan fingerprint density at radius 3 is 2.38 bits per heavy atom. The van der Waals surface area contributed by atoms with E-state index >= 15 is 0 Å². The van der Waals surface area contributed by atoms with Crippen molar-refractivity contribution < 1.29 is 23.8 Å². The van der Waals surface area contributed by atoms with Gasteiger partial charge in [0.15, 0.2) is 11.5 Å². The molecule has 8 nitrogen and oxygen atoms in total. The molecule has 3 rings (SSSR count). The van der Waals surface area contributed by atoms with Gasteiger partial charge in [0.05, 0.1) is 31.7 Å². The van der Waals surface area contributed by atoms with Gasteiger partial charge in [-0.25, -0.2) is 5.43 Å². The van der Waals surface area contributed by atoms with Gasteiger partial charge < -0.3 is 19.5 Å². The van der Waals surface area contributed by atoms with Gasteiger partial charge in [0.1, 0.15) is 12.4 Å². The normalized spacial score (nSPS) is 10.4. The average Bonchev–Trinajstić information content (AvgIpc) is 2.88. The van der Waals surface area contributed by atoms with E-state index in [4.69, 9.17) is 14.2 Å². The summed E-state index contributed by atoms with van der Waals surface area (Å²) in [5.74, 6) is 0.778. The molecule has 0 bridgehead atoms. The molecule has 0 aliphatic rings. The molecule has 2 N–H and O–H groups in total. The van der Waals surface area contributed by atoms with E-state index in [1.807, 2.05) is 12.1 Å². The highest BCUT2D eigenvalue weighted by Crippen LogP contribution is 2.28. The quantitative estimate of drug-likeness (QED) is 0.268. The van der Waals surface area contributed by atoms with E-state index in [0.717, 1.165) is 5.56 Å². The molecular formula is C26H25N3O5. The molecule has 174 valence electrons. The first-order chi connectivity index (χ1) is 16.5. The topological polar surface area (TPSA) is 98.2 Å². The second-order valence-electron chi connectivity index (χ2n) is 6.94. The number of methoxy groups -OCH3 is 2. The van der Waals surface area contributed by atoms with Crippen LogP contribution in [0.2, 0.25) is 0 Å². The van der Waals surface area contributed by atoms with Crippen molar-refractivity contribution >= 4 is 23.7 Å². The third-order valence-electron chi connectivity index (χ3n) is 4.69. The fourth-order valence-corrected chi connectivity index (χ4v) is 2.99. The Labute approximate surface area is 197 Å². The number of para-hydroxylation sites is 1. The Bertz CT molecular complexity index is 1190. The van der Waals surface area contributed by atoms with Crippen molar-refractivity contribution in [3.63, 3.8) is 0 Å². The number of hydrazone groups is 1. The number of nitrogens with zero attached hydrogens (tertiary/aromatic N) is 1. The molecule has 0 unspecified atom stereocenters. The zero-order valence-corrected chi connectivity index (χ0v) is 18.9. The highest BCUT2D eigenvalue weighted by molar-refractivity contribution is 6.09. The zero-order chi connectivity index (χ0) is 24.3. The first-order valence-corrected chi connectivity index (χ1v) is 10.3. The summed E-state index contributed by atoms with van der Waals surface area (Å²) in [6.07, 6.45) is 3.18. The number of hydrogen-bond acceptors (Lipinski definition) is 6. The zero-order valence-electron chi connectivity index (χ0n) is 18.9. The minimum atomic E-state index is -0.467. The highest BCUT2D eigenvalue weighted by Gasteiger charge is 2.15. The lowest BCUT2D eigenvalue weighted by Crippen LogP contribution is -2.21. The van der Waals surface area contributed by atoms with Crippen LogP contribution in [-0.4, -0.2) is 38.9 Å². The predicted molar refractivity (Wildman–Crippen MR) is 131 cm³/mol. The van der Waals surface area contributed by atoms with Crippen LogP contribution in [0.5, 0.6) is 17.2 Å². The molecule has 0 aromatic heterocycles. The molecule has 0 aliphatic heterocycles. The summed E-state index contributed by atoms with van der Waals surface area (Å²) < 4.78 is 15.9. The number of benzene rings is 3. The van der Waals surface area contributed by atoms with Crippen molar-refractivity contribution in [3.05, 3.63) is 96.1 Å². The monoisotopic (exact) mass is 459 g/mol. The standard InChI is InChI=1S/C26H25N3O5/c1-4-15-34-20-12-9-18(10-13-20)17-27-29-26(31)21-7-5-6-8-22(21)28-25(30)19-11-14-23(32-2)24(16-19)33-3/h4-14,16-17H,1,15H2,2-3H3,(H,28,30)(H,29,31)/b27-17+. The molecule has 3 aromatic carbocycles. The van der Waals surface area contributed by atoms with Crippen LogP contribution in [0.1, 0.15) is 26.3 Å². The number of anilines is 1. The molecule has 0 radical (unpaired) electrons. The van der Waals surface area contributed by atoms with E-state index in [1.54, 1.807) is 60.7 Å². The molecule has 3 aromatic rings. The number of ether oxygens (including phenoxy) is 3. The van der Waals surface area contributed by atoms with E-state index in [0.29, 0.717) is 35.1 Å². The van der Waals surface area contributed by atoms with E-state index < -0.39 is 11.8 Å². The number of nitrogens with one attached hydrogen (secondary N) is 2. The molecule has 0 saturated carbocycles. The molecule has 0 fully saturated rings. The second kappa shape index (κ2) is 11.9. The van der Waals surface area contributed by atoms with Gasteiger partial charge in [-0.15, -0.1) is 0 Å². The number of hydrogen-bond donors (Lipinski definition) is 2. The third-order valence-corrected chi connectivity index (χ3v) is 4.69. The lowest BCUT2D eigenvalue weighted by Gasteiger charge is -2.12. The Hall–Kier alpha value is -4.59. The number of rotatable bonds is 10. The van der Waals surface area contributed by atoms with E-state index in [2.05, 4.69) is 22.4 Å². The summed E-state index contributed by atoms with van der Waals surface area (Å²) >= 11 is 0. The first-order valence-electron chi connectivity index (χ1n) is 10.3. The van der Waals surface area contributed by atoms with Crippen LogP contribution >= 0.6 is 0 Å². The summed E-state index contributed by atoms with van der Waals surface area (Å²) in [6.45, 7) is 4.03. The lowest BCUT2D eigenvalue weighted by molar-refractivity contribution is 0.0956. The summed E-state index contributed by atoms with van der Waals surface area (Å²) in [7, 11) is 3.01. The Kier molecular flexibility index (Phi) is 8.40. The average molecular weight is 460 g/mol. The molecule has 8 heteroatoms. The van der Waals surface area contributed by atoms with Crippen LogP contribution in [0.25, 0.3) is 0 Å². The molecule has 2 amide bonds. The molecule has 0 atom stereocenters. The second-order valence-corrected chi connectivity index (χ2v) is 6.94. The maximum atomic E-state index is 12.8. The number of carbonyl (C=O) groups is 2. The van der Waals surface area contributed by atoms with Gasteiger partial charge >= 0.3 is 0 Å². The molecule has 0 aliphatic carbocycles. The lowest BCUT2D eigenvalue weighted by atomic mass is 10.1. The SMILES string of the molecule is C=CCOc1ccc(/C=N/NC(=O)c2ccccc2NC(=O)c2ccc(OC)c(OC)c2)cc1. The first kappa shape index (κ1) is 24.1. The molecule has 0 saturated heterocycles. The Morgan fingerprint density at radius 1 is 0.941 bits per heavy atom. The molecule has 34 heavy (non-hydrogen) atoms. The van der Waals surface area contributed by atoms with Gasteiger partial charge in [-0.3, -0.25) is 9.59 Å². The summed E-state index contributed by atoms with van der Waals surface area (Å²) in [4.78, 5) is 25.5. The minimum absolute atomic E-state index is 0.265. The van der Waals surface area contributed by atoms with Crippen molar-refractivity contribution in [2.24, 2.45) is 5.10 Å². The largest absolute Gasteiger partial charge is 0.493 e. The Balaban J connectivity index is 1.67. The van der Waals surface area contributed by atoms with Crippen LogP contribution < -0.4 is 25.0 Å². The van der Waals surface area contributed by atoms with Crippen molar-refractivity contribution in [2.75, 3.05) is 26.1 Å². The fraction of sp³-hybridized carbons (Fsp3) is 0.115. The van der Waals surface area contributed by atoms with Crippen LogP contribution in [0.4, 0.5) is 5.69 Å². The van der Waals surface area contributed by atoms with Crippen molar-refractivity contribution in [1.29, 1.82) is 0 Å². The maximum absolute atomic E-state index is 12.8. The van der Waals surface area contributed by atoms with Crippen molar-refractivity contribution in [2.45, 2.75) is 0 Å². The maximum Gasteiger partial charge on any atom is 0.273 e. The van der Waals surface area contributed by atoms with Crippen LogP contribution in [0, 0.1) is 0 Å². The van der Waals surface area contributed by atoms with E-state index in [1.165, 1.54) is 20.4 Å². The van der Waals surface area contributed by atoms with Crippen LogP contribution in [0.15, 0.2) is 84.5 Å². The van der Waals surface area contributed by atoms with Crippen LogP contribution in [-0.2, 0) is 0 Å². The van der Waals surface area contributed by atoms with E-state index in [-0.39, 0.29) is 5.56 Å². The molecule has 0 spiro atoms. The Morgan fingerprint density at radius 2 is 1.68 bits per heavy atom.